The molecule has 1 N–H and O–H groups in total. The summed E-state index contributed by atoms with van der Waals surface area (Å²) in [7, 11) is 4.66. The largest absolute Gasteiger partial charge is 0.493 e. The molecule has 2 fully saturated rings. The lowest BCUT2D eigenvalue weighted by molar-refractivity contribution is 0.0563. The molecule has 3 aromatic rings. The molecule has 1 amide bonds. The third kappa shape index (κ3) is 3.47. The van der Waals surface area contributed by atoms with Crippen LogP contribution in [0, 0.1) is 0 Å². The fourth-order valence-corrected chi connectivity index (χ4v) is 3.70. The van der Waals surface area contributed by atoms with E-state index in [0.29, 0.717) is 53.5 Å². The molecule has 10 nitrogen and oxygen atoms in total. The quantitative estimate of drug-likeness (QED) is 0.614. The molecule has 0 atom stereocenters. The Hall–Kier alpha value is -3.56. The van der Waals surface area contributed by atoms with Crippen LogP contribution < -0.4 is 14.2 Å². The van der Waals surface area contributed by atoms with Crippen LogP contribution >= 0.6 is 0 Å². The number of nitrogens with zero attached hydrogens (tertiary/aromatic N) is 4. The van der Waals surface area contributed by atoms with Gasteiger partial charge >= 0.3 is 0 Å². The normalized spacial score (nSPS) is 16.2. The van der Waals surface area contributed by atoms with Crippen molar-refractivity contribution in [3.63, 3.8) is 0 Å². The van der Waals surface area contributed by atoms with Crippen LogP contribution in [0.4, 0.5) is 0 Å². The van der Waals surface area contributed by atoms with Crippen LogP contribution in [-0.2, 0) is 0 Å². The number of amides is 1. The lowest BCUT2D eigenvalue weighted by Crippen LogP contribution is -2.48. The number of methoxy groups -OCH3 is 3. The van der Waals surface area contributed by atoms with Gasteiger partial charge in [-0.25, -0.2) is 0 Å². The molecule has 10 heteroatoms. The van der Waals surface area contributed by atoms with E-state index in [0.717, 1.165) is 24.2 Å². The second kappa shape index (κ2) is 7.60. The first-order valence-corrected chi connectivity index (χ1v) is 10.1. The van der Waals surface area contributed by atoms with Gasteiger partial charge in [0.15, 0.2) is 17.3 Å². The smallest absolute Gasteiger partial charge is 0.271 e. The SMILES string of the molecule is COc1cc(-c2cc(C(=O)N3CC(c4nc(C5CC5)no4)C3)[nH]n2)cc(OC)c1OC. The zero-order valence-electron chi connectivity index (χ0n) is 17.5. The molecule has 1 aliphatic heterocycles. The molecule has 3 heterocycles. The van der Waals surface area contributed by atoms with E-state index in [1.807, 2.05) is 0 Å². The number of likely N-dealkylation sites (tertiary alicyclic amines) is 1. The van der Waals surface area contributed by atoms with Crippen molar-refractivity contribution in [2.75, 3.05) is 34.4 Å². The zero-order chi connectivity index (χ0) is 21.5. The van der Waals surface area contributed by atoms with Gasteiger partial charge in [-0.2, -0.15) is 10.1 Å². The highest BCUT2D eigenvalue weighted by Gasteiger charge is 2.38. The van der Waals surface area contributed by atoms with E-state index in [2.05, 4.69) is 20.3 Å². The summed E-state index contributed by atoms with van der Waals surface area (Å²) in [6.07, 6.45) is 2.25. The maximum Gasteiger partial charge on any atom is 0.271 e. The molecule has 1 aliphatic carbocycles. The van der Waals surface area contributed by atoms with E-state index in [9.17, 15) is 4.79 Å². The van der Waals surface area contributed by atoms with Gasteiger partial charge in [-0.1, -0.05) is 5.16 Å². The Morgan fingerprint density at radius 1 is 1.06 bits per heavy atom. The molecule has 2 aromatic heterocycles. The van der Waals surface area contributed by atoms with Crippen molar-refractivity contribution in [2.45, 2.75) is 24.7 Å². The number of nitrogens with one attached hydrogen (secondary N) is 1. The maximum atomic E-state index is 12.8. The van der Waals surface area contributed by atoms with E-state index in [-0.39, 0.29) is 11.8 Å². The van der Waals surface area contributed by atoms with Gasteiger partial charge < -0.3 is 23.6 Å². The first-order chi connectivity index (χ1) is 15.1. The summed E-state index contributed by atoms with van der Waals surface area (Å²) < 4.78 is 21.5. The molecule has 1 aromatic carbocycles. The van der Waals surface area contributed by atoms with Crippen molar-refractivity contribution in [1.29, 1.82) is 0 Å². The number of hydrogen-bond donors (Lipinski definition) is 1. The number of benzene rings is 1. The van der Waals surface area contributed by atoms with Crippen molar-refractivity contribution < 1.29 is 23.5 Å². The van der Waals surface area contributed by atoms with E-state index in [4.69, 9.17) is 18.7 Å². The number of rotatable bonds is 7. The van der Waals surface area contributed by atoms with Crippen molar-refractivity contribution in [3.05, 3.63) is 35.6 Å². The number of aromatic nitrogens is 4. The molecule has 1 saturated carbocycles. The van der Waals surface area contributed by atoms with Crippen molar-refractivity contribution in [3.8, 4) is 28.5 Å². The number of aromatic amines is 1. The van der Waals surface area contributed by atoms with Crippen LogP contribution in [0.5, 0.6) is 17.2 Å². The van der Waals surface area contributed by atoms with Gasteiger partial charge in [0.2, 0.25) is 11.6 Å². The lowest BCUT2D eigenvalue weighted by Gasteiger charge is -2.36. The van der Waals surface area contributed by atoms with Crippen molar-refractivity contribution in [2.24, 2.45) is 0 Å². The third-order valence-corrected chi connectivity index (χ3v) is 5.69. The predicted octanol–water partition coefficient (Wildman–Crippen LogP) is 2.60. The van der Waals surface area contributed by atoms with Crippen LogP contribution in [-0.4, -0.2) is 65.6 Å². The minimum Gasteiger partial charge on any atom is -0.493 e. The Labute approximate surface area is 178 Å². The van der Waals surface area contributed by atoms with Crippen LogP contribution in [0.2, 0.25) is 0 Å². The van der Waals surface area contributed by atoms with Gasteiger partial charge in [0.25, 0.3) is 5.91 Å². The molecular formula is C21H23N5O5. The standard InChI is InChI=1S/C21H23N5O5/c1-28-16-6-12(7-17(29-2)18(16)30-3)14-8-15(24-23-14)21(27)26-9-13(10-26)20-22-19(25-31-20)11-4-5-11/h6-8,11,13H,4-5,9-10H2,1-3H3,(H,23,24). The van der Waals surface area contributed by atoms with Gasteiger partial charge in [-0.3, -0.25) is 9.89 Å². The Balaban J connectivity index is 1.29. The minimum atomic E-state index is -0.121. The van der Waals surface area contributed by atoms with Gasteiger partial charge in [0.05, 0.1) is 32.9 Å². The Morgan fingerprint density at radius 3 is 2.39 bits per heavy atom. The Morgan fingerprint density at radius 2 is 1.77 bits per heavy atom. The Kier molecular flexibility index (Phi) is 4.76. The molecule has 5 rings (SSSR count). The predicted molar refractivity (Wildman–Crippen MR) is 109 cm³/mol. The van der Waals surface area contributed by atoms with Gasteiger partial charge in [-0.05, 0) is 31.0 Å². The second-order valence-electron chi connectivity index (χ2n) is 7.75. The fourth-order valence-electron chi connectivity index (χ4n) is 3.70. The average molecular weight is 425 g/mol. The summed E-state index contributed by atoms with van der Waals surface area (Å²) in [6, 6.07) is 5.30. The molecular weight excluding hydrogens is 402 g/mol. The topological polar surface area (TPSA) is 116 Å². The molecule has 0 radical (unpaired) electrons. The average Bonchev–Trinajstić information content (AvgIpc) is 3.29. The van der Waals surface area contributed by atoms with Crippen molar-refractivity contribution >= 4 is 5.91 Å². The molecule has 0 bridgehead atoms. The van der Waals surface area contributed by atoms with Gasteiger partial charge in [0.1, 0.15) is 5.69 Å². The number of ether oxygens (including phenoxy) is 3. The van der Waals surface area contributed by atoms with Gasteiger partial charge in [0, 0.05) is 24.6 Å². The lowest BCUT2D eigenvalue weighted by atomic mass is 9.99. The fraction of sp³-hybridized carbons (Fsp3) is 0.429. The number of carbonyl (C=O) groups is 1. The molecule has 0 unspecified atom stereocenters. The zero-order valence-corrected chi connectivity index (χ0v) is 17.5. The number of H-pyrrole nitrogens is 1. The summed E-state index contributed by atoms with van der Waals surface area (Å²) in [4.78, 5) is 19.1. The van der Waals surface area contributed by atoms with Crippen LogP contribution in [0.3, 0.4) is 0 Å². The van der Waals surface area contributed by atoms with Crippen molar-refractivity contribution in [1.82, 2.24) is 25.2 Å². The van der Waals surface area contributed by atoms with E-state index in [1.54, 1.807) is 44.4 Å². The highest BCUT2D eigenvalue weighted by atomic mass is 16.5. The summed E-state index contributed by atoms with van der Waals surface area (Å²) >= 11 is 0. The minimum absolute atomic E-state index is 0.0847. The Bertz CT molecular complexity index is 1090. The molecule has 1 saturated heterocycles. The first-order valence-electron chi connectivity index (χ1n) is 10.1. The molecule has 0 spiro atoms. The molecule has 162 valence electrons. The van der Waals surface area contributed by atoms with E-state index >= 15 is 0 Å². The molecule has 31 heavy (non-hydrogen) atoms. The van der Waals surface area contributed by atoms with Crippen LogP contribution in [0.25, 0.3) is 11.3 Å². The number of carbonyl (C=O) groups excluding carboxylic acids is 1. The number of hydrogen-bond acceptors (Lipinski definition) is 8. The summed E-state index contributed by atoms with van der Waals surface area (Å²) in [5.41, 5.74) is 1.75. The third-order valence-electron chi connectivity index (χ3n) is 5.69. The highest BCUT2D eigenvalue weighted by Crippen LogP contribution is 2.41. The highest BCUT2D eigenvalue weighted by molar-refractivity contribution is 5.94. The first kappa shape index (κ1) is 19.4. The van der Waals surface area contributed by atoms with E-state index < -0.39 is 0 Å². The van der Waals surface area contributed by atoms with Gasteiger partial charge in [-0.15, -0.1) is 0 Å². The van der Waals surface area contributed by atoms with Crippen LogP contribution in [0.1, 0.15) is 46.9 Å². The summed E-state index contributed by atoms with van der Waals surface area (Å²) in [5, 5.41) is 11.2. The second-order valence-corrected chi connectivity index (χ2v) is 7.75. The van der Waals surface area contributed by atoms with E-state index in [1.165, 1.54) is 0 Å². The van der Waals surface area contributed by atoms with Crippen LogP contribution in [0.15, 0.2) is 22.7 Å². The maximum absolute atomic E-state index is 12.8. The summed E-state index contributed by atoms with van der Waals surface area (Å²) in [6.45, 7) is 1.09. The monoisotopic (exact) mass is 425 g/mol. The molecule has 2 aliphatic rings. The summed E-state index contributed by atoms with van der Waals surface area (Å²) in [5.74, 6) is 3.36.